The van der Waals surface area contributed by atoms with E-state index in [0.29, 0.717) is 5.41 Å². The number of methoxy groups -OCH3 is 1. The largest absolute Gasteiger partial charge is 0.468 e. The van der Waals surface area contributed by atoms with Gasteiger partial charge in [0.05, 0.1) is 7.11 Å². The third kappa shape index (κ3) is 4.42. The van der Waals surface area contributed by atoms with E-state index in [1.807, 2.05) is 0 Å². The molecule has 0 amide bonds. The number of esters is 1. The number of rotatable bonds is 3. The van der Waals surface area contributed by atoms with Crippen molar-refractivity contribution in [2.75, 3.05) is 26.7 Å². The lowest BCUT2D eigenvalue weighted by molar-refractivity contribution is -0.140. The lowest BCUT2D eigenvalue weighted by Crippen LogP contribution is -2.35. The molecule has 1 heterocycles. The smallest absolute Gasteiger partial charge is 0.320 e. The second-order valence-electron chi connectivity index (χ2n) is 5.31. The van der Waals surface area contributed by atoms with E-state index in [1.54, 1.807) is 0 Å². The Balaban J connectivity index is 2.41. The fourth-order valence-corrected chi connectivity index (χ4v) is 2.69. The van der Waals surface area contributed by atoms with Crippen LogP contribution in [0.25, 0.3) is 0 Å². The molecule has 1 rings (SSSR count). The van der Waals surface area contributed by atoms with Crippen LogP contribution in [0.5, 0.6) is 0 Å². The van der Waals surface area contributed by atoms with E-state index in [2.05, 4.69) is 34.7 Å². The average molecular weight is 292 g/mol. The summed E-state index contributed by atoms with van der Waals surface area (Å²) in [6.07, 6.45) is 3.69. The summed E-state index contributed by atoms with van der Waals surface area (Å²) in [6, 6.07) is 0. The minimum atomic E-state index is -0.196. The molecule has 0 aliphatic carbocycles. The van der Waals surface area contributed by atoms with Gasteiger partial charge in [0.2, 0.25) is 0 Å². The standard InChI is InChI=1S/C12H22BrNO2/c1-12(2)5-4-7-14(8-6-12)9-10(13)11(15)16-3/h10H,4-9H2,1-3H3. The number of halogens is 1. The number of carbonyl (C=O) groups is 1. The van der Waals surface area contributed by atoms with E-state index >= 15 is 0 Å². The summed E-state index contributed by atoms with van der Waals surface area (Å²) < 4.78 is 4.71. The molecule has 1 aliphatic rings. The number of alkyl halides is 1. The molecule has 0 aromatic heterocycles. The quantitative estimate of drug-likeness (QED) is 0.591. The van der Waals surface area contributed by atoms with Gasteiger partial charge in [0.1, 0.15) is 4.83 Å². The lowest BCUT2D eigenvalue weighted by Gasteiger charge is -2.24. The summed E-state index contributed by atoms with van der Waals surface area (Å²) in [5.74, 6) is -0.177. The van der Waals surface area contributed by atoms with Crippen molar-refractivity contribution in [2.24, 2.45) is 5.41 Å². The Morgan fingerprint density at radius 1 is 1.44 bits per heavy atom. The van der Waals surface area contributed by atoms with Gasteiger partial charge in [0.15, 0.2) is 0 Å². The molecule has 4 heteroatoms. The lowest BCUT2D eigenvalue weighted by atomic mass is 9.85. The van der Waals surface area contributed by atoms with Gasteiger partial charge in [0, 0.05) is 6.54 Å². The number of ether oxygens (including phenoxy) is 1. The summed E-state index contributed by atoms with van der Waals surface area (Å²) in [7, 11) is 1.43. The van der Waals surface area contributed by atoms with Gasteiger partial charge in [-0.2, -0.15) is 0 Å². The molecule has 1 saturated heterocycles. The van der Waals surface area contributed by atoms with Gasteiger partial charge in [-0.05, 0) is 37.8 Å². The summed E-state index contributed by atoms with van der Waals surface area (Å²) in [5.41, 5.74) is 0.446. The number of nitrogens with zero attached hydrogens (tertiary/aromatic N) is 1. The van der Waals surface area contributed by atoms with Crippen molar-refractivity contribution in [1.82, 2.24) is 4.90 Å². The van der Waals surface area contributed by atoms with Gasteiger partial charge < -0.3 is 9.64 Å². The second-order valence-corrected chi connectivity index (χ2v) is 6.41. The molecule has 0 aromatic rings. The SMILES string of the molecule is COC(=O)C(Br)CN1CCCC(C)(C)CC1. The third-order valence-corrected chi connectivity index (χ3v) is 3.97. The topological polar surface area (TPSA) is 29.5 Å². The molecule has 0 bridgehead atoms. The van der Waals surface area contributed by atoms with Crippen molar-refractivity contribution in [1.29, 1.82) is 0 Å². The molecular weight excluding hydrogens is 270 g/mol. The number of likely N-dealkylation sites (tertiary alicyclic amines) is 1. The van der Waals surface area contributed by atoms with Crippen LogP contribution in [-0.2, 0) is 9.53 Å². The van der Waals surface area contributed by atoms with Crippen molar-refractivity contribution < 1.29 is 9.53 Å². The molecular formula is C12H22BrNO2. The molecule has 0 N–H and O–H groups in total. The zero-order valence-electron chi connectivity index (χ0n) is 10.5. The zero-order valence-corrected chi connectivity index (χ0v) is 12.0. The van der Waals surface area contributed by atoms with E-state index < -0.39 is 0 Å². The van der Waals surface area contributed by atoms with Crippen LogP contribution in [0.1, 0.15) is 33.1 Å². The highest BCUT2D eigenvalue weighted by Crippen LogP contribution is 2.29. The fourth-order valence-electron chi connectivity index (χ4n) is 2.09. The fraction of sp³-hybridized carbons (Fsp3) is 0.917. The molecule has 0 aromatic carbocycles. The van der Waals surface area contributed by atoms with E-state index in [-0.39, 0.29) is 10.8 Å². The second kappa shape index (κ2) is 6.01. The summed E-state index contributed by atoms with van der Waals surface area (Å²) in [5, 5.41) is 0. The van der Waals surface area contributed by atoms with Crippen molar-refractivity contribution in [3.05, 3.63) is 0 Å². The minimum absolute atomic E-state index is 0.177. The first-order valence-corrected chi connectivity index (χ1v) is 6.80. The third-order valence-electron chi connectivity index (χ3n) is 3.31. The Morgan fingerprint density at radius 2 is 2.12 bits per heavy atom. The predicted octanol–water partition coefficient (Wildman–Crippen LogP) is 2.44. The Kier molecular flexibility index (Phi) is 5.25. The Morgan fingerprint density at radius 3 is 2.75 bits per heavy atom. The monoisotopic (exact) mass is 291 g/mol. The van der Waals surface area contributed by atoms with Crippen LogP contribution in [0.4, 0.5) is 0 Å². The number of hydrogen-bond donors (Lipinski definition) is 0. The summed E-state index contributed by atoms with van der Waals surface area (Å²) >= 11 is 3.38. The molecule has 94 valence electrons. The normalized spacial score (nSPS) is 23.5. The molecule has 0 radical (unpaired) electrons. The molecule has 1 fully saturated rings. The van der Waals surface area contributed by atoms with Gasteiger partial charge in [-0.1, -0.05) is 29.8 Å². The Labute approximate surface area is 107 Å². The molecule has 1 aliphatic heterocycles. The highest BCUT2D eigenvalue weighted by Gasteiger charge is 2.25. The van der Waals surface area contributed by atoms with Crippen molar-refractivity contribution >= 4 is 21.9 Å². The van der Waals surface area contributed by atoms with Crippen molar-refractivity contribution in [3.63, 3.8) is 0 Å². The van der Waals surface area contributed by atoms with Gasteiger partial charge in [-0.25, -0.2) is 0 Å². The van der Waals surface area contributed by atoms with Gasteiger partial charge in [-0.3, -0.25) is 4.79 Å². The molecule has 3 nitrogen and oxygen atoms in total. The summed E-state index contributed by atoms with van der Waals surface area (Å²) in [6.45, 7) is 7.56. The van der Waals surface area contributed by atoms with Gasteiger partial charge in [0.25, 0.3) is 0 Å². The average Bonchev–Trinajstić information content (AvgIpc) is 2.39. The first-order chi connectivity index (χ1) is 7.44. The highest BCUT2D eigenvalue weighted by atomic mass is 79.9. The van der Waals surface area contributed by atoms with Gasteiger partial charge >= 0.3 is 5.97 Å². The van der Waals surface area contributed by atoms with Gasteiger partial charge in [-0.15, -0.1) is 0 Å². The Hall–Kier alpha value is -0.0900. The van der Waals surface area contributed by atoms with Crippen LogP contribution < -0.4 is 0 Å². The number of carbonyl (C=O) groups excluding carboxylic acids is 1. The van der Waals surface area contributed by atoms with E-state index in [9.17, 15) is 4.79 Å². The molecule has 16 heavy (non-hydrogen) atoms. The maximum Gasteiger partial charge on any atom is 0.320 e. The molecule has 1 unspecified atom stereocenters. The van der Waals surface area contributed by atoms with Crippen LogP contribution in [0.2, 0.25) is 0 Å². The van der Waals surface area contributed by atoms with Crippen LogP contribution >= 0.6 is 15.9 Å². The number of hydrogen-bond acceptors (Lipinski definition) is 3. The zero-order chi connectivity index (χ0) is 12.2. The predicted molar refractivity (Wildman–Crippen MR) is 68.8 cm³/mol. The minimum Gasteiger partial charge on any atom is -0.468 e. The molecule has 1 atom stereocenters. The van der Waals surface area contributed by atoms with Crippen molar-refractivity contribution in [2.45, 2.75) is 37.9 Å². The maximum atomic E-state index is 11.3. The highest BCUT2D eigenvalue weighted by molar-refractivity contribution is 9.10. The Bertz CT molecular complexity index is 243. The van der Waals surface area contributed by atoms with Crippen LogP contribution in [0.15, 0.2) is 0 Å². The molecule has 0 spiro atoms. The maximum absolute atomic E-state index is 11.3. The van der Waals surface area contributed by atoms with E-state index in [4.69, 9.17) is 4.74 Å². The summed E-state index contributed by atoms with van der Waals surface area (Å²) in [4.78, 5) is 13.5. The molecule has 0 saturated carbocycles. The van der Waals surface area contributed by atoms with E-state index in [0.717, 1.165) is 19.6 Å². The van der Waals surface area contributed by atoms with Crippen LogP contribution in [0, 0.1) is 5.41 Å². The van der Waals surface area contributed by atoms with Crippen molar-refractivity contribution in [3.8, 4) is 0 Å². The first kappa shape index (κ1) is 14.0. The first-order valence-electron chi connectivity index (χ1n) is 5.89. The van der Waals surface area contributed by atoms with E-state index in [1.165, 1.54) is 26.4 Å². The van der Waals surface area contributed by atoms with Crippen LogP contribution in [0.3, 0.4) is 0 Å². The van der Waals surface area contributed by atoms with Crippen LogP contribution in [-0.4, -0.2) is 42.4 Å².